The maximum absolute atomic E-state index is 10.3. The summed E-state index contributed by atoms with van der Waals surface area (Å²) < 4.78 is 0. The van der Waals surface area contributed by atoms with Gasteiger partial charge in [-0.3, -0.25) is 14.8 Å². The minimum absolute atomic E-state index is 0.454. The normalized spacial score (nSPS) is 13.6. The monoisotopic (exact) mass is 523 g/mol. The molecule has 6 rings (SSSR count). The molecule has 0 atom stereocenters. The minimum atomic E-state index is 0.454. The number of aryl methyl sites for hydroxylation is 1. The van der Waals surface area contributed by atoms with Crippen molar-refractivity contribution in [3.05, 3.63) is 78.1 Å². The van der Waals surface area contributed by atoms with Crippen LogP contribution in [-0.4, -0.2) is 51.8 Å². The largest absolute Gasteiger partial charge is 0.387 e. The molecule has 2 N–H and O–H groups in total. The number of hydrogen-bond acceptors (Lipinski definition) is 9. The van der Waals surface area contributed by atoms with Crippen LogP contribution in [0.2, 0.25) is 0 Å². The molecule has 2 fully saturated rings. The highest BCUT2D eigenvalue weighted by Crippen LogP contribution is 2.38. The smallest absolute Gasteiger partial charge is 0.151 e. The van der Waals surface area contributed by atoms with Gasteiger partial charge >= 0.3 is 0 Å². The highest BCUT2D eigenvalue weighted by molar-refractivity contribution is 5.75. The summed E-state index contributed by atoms with van der Waals surface area (Å²) in [6.45, 7) is 2.01. The molecule has 0 aromatic carbocycles. The van der Waals surface area contributed by atoms with Gasteiger partial charge in [0.25, 0.3) is 0 Å². The molecule has 0 bridgehead atoms. The third kappa shape index (κ3) is 7.98. The van der Waals surface area contributed by atoms with E-state index in [1.165, 1.54) is 19.0 Å². The van der Waals surface area contributed by atoms with Gasteiger partial charge in [-0.05, 0) is 74.6 Å². The van der Waals surface area contributed by atoms with Crippen LogP contribution in [-0.2, 0) is 4.79 Å². The molecule has 2 aliphatic carbocycles. The lowest BCUT2D eigenvalue weighted by Crippen LogP contribution is -1.95. The fraction of sp³-hybridized carbons (Fsp3) is 0.300. The zero-order chi connectivity index (χ0) is 27.6. The molecule has 39 heavy (non-hydrogen) atoms. The van der Waals surface area contributed by atoms with Crippen LogP contribution >= 0.6 is 0 Å². The number of anilines is 2. The quantitative estimate of drug-likeness (QED) is 0.308. The maximum Gasteiger partial charge on any atom is 0.151 e. The highest BCUT2D eigenvalue weighted by atomic mass is 16.1. The molecule has 200 valence electrons. The lowest BCUT2D eigenvalue weighted by Gasteiger charge is -2.10. The molecule has 4 heterocycles. The summed E-state index contributed by atoms with van der Waals surface area (Å²) in [5.74, 6) is 1.85. The Balaban J connectivity index is 0.000000180. The fourth-order valence-electron chi connectivity index (χ4n) is 3.72. The first kappa shape index (κ1) is 27.5. The summed E-state index contributed by atoms with van der Waals surface area (Å²) in [5.41, 5.74) is 7.72. The van der Waals surface area contributed by atoms with Crippen molar-refractivity contribution >= 4 is 24.1 Å². The highest BCUT2D eigenvalue weighted by Gasteiger charge is 2.25. The number of aromatic nitrogens is 5. The van der Waals surface area contributed by atoms with E-state index in [1.54, 1.807) is 6.20 Å². The van der Waals surface area contributed by atoms with E-state index in [0.29, 0.717) is 17.4 Å². The van der Waals surface area contributed by atoms with Gasteiger partial charge in [0.15, 0.2) is 6.29 Å². The third-order valence-corrected chi connectivity index (χ3v) is 6.40. The summed E-state index contributed by atoms with van der Waals surface area (Å²) >= 11 is 0. The Morgan fingerprint density at radius 2 is 1.62 bits per heavy atom. The van der Waals surface area contributed by atoms with Gasteiger partial charge in [0.2, 0.25) is 0 Å². The van der Waals surface area contributed by atoms with Gasteiger partial charge in [-0.25, -0.2) is 4.98 Å². The Morgan fingerprint density at radius 3 is 2.26 bits per heavy atom. The van der Waals surface area contributed by atoms with Crippen molar-refractivity contribution in [2.45, 2.75) is 38.5 Å². The van der Waals surface area contributed by atoms with E-state index in [2.05, 4.69) is 47.9 Å². The van der Waals surface area contributed by atoms with Gasteiger partial charge in [0.05, 0.1) is 29.5 Å². The molecule has 0 aliphatic heterocycles. The van der Waals surface area contributed by atoms with Gasteiger partial charge < -0.3 is 15.4 Å². The Labute approximate surface area is 228 Å². The van der Waals surface area contributed by atoms with Crippen molar-refractivity contribution in [1.29, 1.82) is 0 Å². The summed E-state index contributed by atoms with van der Waals surface area (Å²) in [6, 6.07) is 12.0. The standard InChI is InChI=1S/C18H19N5.C8H8N2O.C4H6O/c1-12-16(10-15(19-2)11-23-12)13-4-6-21-17(8-13)14-5-7-22-18(9-14)20-3;11-5-6-3-8(7-1-2-7)10-9-4-6;5-3-4-1-2-4/h4-11,19H,1-3H3,(H,20,22);3-5,7H,1-2H2;3-4H,1-2H2. The average Bonchev–Trinajstić information content (AvgIpc) is 3.92. The third-order valence-electron chi connectivity index (χ3n) is 6.40. The molecule has 0 amide bonds. The second-order valence-electron chi connectivity index (χ2n) is 9.50. The number of nitrogens with zero attached hydrogens (tertiary/aromatic N) is 5. The van der Waals surface area contributed by atoms with E-state index in [0.717, 1.165) is 70.7 Å². The van der Waals surface area contributed by atoms with Gasteiger partial charge in [-0.1, -0.05) is 0 Å². The van der Waals surface area contributed by atoms with Gasteiger partial charge in [0, 0.05) is 60.7 Å². The first-order chi connectivity index (χ1) is 19.0. The molecule has 4 aromatic heterocycles. The van der Waals surface area contributed by atoms with Gasteiger partial charge in [0.1, 0.15) is 12.1 Å². The van der Waals surface area contributed by atoms with E-state index in [4.69, 9.17) is 0 Å². The average molecular weight is 524 g/mol. The predicted octanol–water partition coefficient (Wildman–Crippen LogP) is 5.36. The second-order valence-corrected chi connectivity index (χ2v) is 9.50. The van der Waals surface area contributed by atoms with Crippen LogP contribution in [0.5, 0.6) is 0 Å². The van der Waals surface area contributed by atoms with Gasteiger partial charge in [-0.15, -0.1) is 0 Å². The molecule has 0 spiro atoms. The van der Waals surface area contributed by atoms with Crippen LogP contribution in [0.4, 0.5) is 11.5 Å². The van der Waals surface area contributed by atoms with Crippen molar-refractivity contribution < 1.29 is 9.59 Å². The number of carbonyl (C=O) groups excluding carboxylic acids is 2. The van der Waals surface area contributed by atoms with E-state index in [-0.39, 0.29) is 0 Å². The number of rotatable bonds is 7. The Kier molecular flexibility index (Phi) is 9.39. The van der Waals surface area contributed by atoms with E-state index in [9.17, 15) is 9.59 Å². The molecule has 0 radical (unpaired) electrons. The Hall–Kier alpha value is -4.53. The summed E-state index contributed by atoms with van der Waals surface area (Å²) in [4.78, 5) is 33.1. The zero-order valence-electron chi connectivity index (χ0n) is 22.5. The van der Waals surface area contributed by atoms with Crippen molar-refractivity contribution in [2.24, 2.45) is 5.92 Å². The summed E-state index contributed by atoms with van der Waals surface area (Å²) in [7, 11) is 3.75. The van der Waals surface area contributed by atoms with Crippen molar-refractivity contribution in [3.63, 3.8) is 0 Å². The SMILES string of the molecule is CNc1cnc(C)c(-c2ccnc(-c3ccnc(NC)c3)c2)c1.O=CC1CC1.O=Cc1cnnc(C2CC2)c1. The zero-order valence-corrected chi connectivity index (χ0v) is 22.5. The molecule has 9 heteroatoms. The second kappa shape index (κ2) is 13.3. The van der Waals surface area contributed by atoms with Crippen LogP contribution in [0.3, 0.4) is 0 Å². The molecule has 2 aliphatic rings. The van der Waals surface area contributed by atoms with E-state index >= 15 is 0 Å². The predicted molar refractivity (Wildman–Crippen MR) is 153 cm³/mol. The molecule has 0 unspecified atom stereocenters. The first-order valence-electron chi connectivity index (χ1n) is 13.0. The number of pyridine rings is 3. The van der Waals surface area contributed by atoms with Gasteiger partial charge in [-0.2, -0.15) is 10.2 Å². The molecule has 4 aromatic rings. The Bertz CT molecular complexity index is 1420. The van der Waals surface area contributed by atoms with Crippen molar-refractivity contribution in [3.8, 4) is 22.4 Å². The van der Waals surface area contributed by atoms with E-state index in [1.807, 2.05) is 57.7 Å². The number of nitrogens with one attached hydrogen (secondary N) is 2. The van der Waals surface area contributed by atoms with Crippen LogP contribution in [0.15, 0.2) is 61.2 Å². The molecule has 0 saturated heterocycles. The molecule has 2 saturated carbocycles. The molecule has 9 nitrogen and oxygen atoms in total. The van der Waals surface area contributed by atoms with Crippen LogP contribution in [0.25, 0.3) is 22.4 Å². The number of aldehydes is 2. The molecular weight excluding hydrogens is 490 g/mol. The summed E-state index contributed by atoms with van der Waals surface area (Å²) in [6.07, 6.45) is 13.4. The topological polar surface area (TPSA) is 123 Å². The van der Waals surface area contributed by atoms with Crippen LogP contribution in [0, 0.1) is 12.8 Å². The lowest BCUT2D eigenvalue weighted by atomic mass is 10.0. The lowest BCUT2D eigenvalue weighted by molar-refractivity contribution is -0.108. The Morgan fingerprint density at radius 1 is 0.846 bits per heavy atom. The van der Waals surface area contributed by atoms with Crippen LogP contribution in [0.1, 0.15) is 53.3 Å². The van der Waals surface area contributed by atoms with E-state index < -0.39 is 0 Å². The maximum atomic E-state index is 10.3. The molecular formula is C30H33N7O2. The number of carbonyl (C=O) groups is 2. The van der Waals surface area contributed by atoms with Crippen molar-refractivity contribution in [2.75, 3.05) is 24.7 Å². The van der Waals surface area contributed by atoms with Crippen molar-refractivity contribution in [1.82, 2.24) is 25.1 Å². The number of hydrogen-bond donors (Lipinski definition) is 2. The minimum Gasteiger partial charge on any atom is -0.387 e. The summed E-state index contributed by atoms with van der Waals surface area (Å²) in [5, 5.41) is 13.9. The fourth-order valence-corrected chi connectivity index (χ4v) is 3.72. The van der Waals surface area contributed by atoms with Crippen LogP contribution < -0.4 is 10.6 Å². The first-order valence-corrected chi connectivity index (χ1v) is 13.0.